The summed E-state index contributed by atoms with van der Waals surface area (Å²) in [5, 5.41) is 0. The minimum atomic E-state index is -0.790. The molecule has 2 aliphatic rings. The van der Waals surface area contributed by atoms with E-state index < -0.39 is 12.6 Å². The Hall–Kier alpha value is -1.27. The number of hydrogen-bond donors (Lipinski definition) is 0. The molecule has 3 rings (SSSR count). The van der Waals surface area contributed by atoms with E-state index in [2.05, 4.69) is 0 Å². The molecule has 2 aliphatic heterocycles. The quantitative estimate of drug-likeness (QED) is 0.809. The Labute approximate surface area is 111 Å². The van der Waals surface area contributed by atoms with Crippen molar-refractivity contribution in [1.29, 1.82) is 0 Å². The van der Waals surface area contributed by atoms with Gasteiger partial charge in [-0.1, -0.05) is 30.3 Å². The zero-order chi connectivity index (χ0) is 13.2. The number of fused-ring (bicyclic) bond motifs is 1. The van der Waals surface area contributed by atoms with Crippen molar-refractivity contribution < 1.29 is 23.7 Å². The van der Waals surface area contributed by atoms with Crippen molar-refractivity contribution in [2.75, 3.05) is 13.7 Å². The summed E-state index contributed by atoms with van der Waals surface area (Å²) in [4.78, 5) is 11.8. The molecular weight excluding hydrogens is 248 g/mol. The average Bonchev–Trinajstić information content (AvgIpc) is 2.47. The first-order valence-electron chi connectivity index (χ1n) is 6.31. The lowest BCUT2D eigenvalue weighted by atomic mass is 10.0. The monoisotopic (exact) mass is 264 g/mol. The van der Waals surface area contributed by atoms with Gasteiger partial charge in [0, 0.05) is 19.1 Å². The van der Waals surface area contributed by atoms with Crippen molar-refractivity contribution in [2.24, 2.45) is 0 Å². The Morgan fingerprint density at radius 2 is 1.95 bits per heavy atom. The predicted octanol–water partition coefficient (Wildman–Crippen LogP) is 1.43. The van der Waals surface area contributed by atoms with E-state index in [0.29, 0.717) is 13.0 Å². The standard InChI is InChI=1S/C14H16O5/c1-16-14-10(15)7-11-12(19-14)8-17-13(18-11)9-5-3-2-4-6-9/h2-6,11-14H,7-8H2,1H3/t11-,12+,13?,14-/m0/s1. The molecule has 1 unspecified atom stereocenters. The predicted molar refractivity (Wildman–Crippen MR) is 65.3 cm³/mol. The van der Waals surface area contributed by atoms with Crippen LogP contribution in [0.5, 0.6) is 0 Å². The number of Topliss-reactive ketones (excluding diaryl/α,β-unsaturated/α-hetero) is 1. The molecule has 2 fully saturated rings. The van der Waals surface area contributed by atoms with E-state index in [0.717, 1.165) is 5.56 Å². The summed E-state index contributed by atoms with van der Waals surface area (Å²) in [6, 6.07) is 9.67. The minimum Gasteiger partial charge on any atom is -0.349 e. The molecule has 0 radical (unpaired) electrons. The summed E-state index contributed by atoms with van der Waals surface area (Å²) in [6.45, 7) is 0.400. The SMILES string of the molecule is CO[C@H]1O[C@@H]2COC(c3ccccc3)O[C@H]2CC1=O. The third kappa shape index (κ3) is 2.55. The fourth-order valence-electron chi connectivity index (χ4n) is 2.38. The van der Waals surface area contributed by atoms with Gasteiger partial charge in [-0.3, -0.25) is 4.79 Å². The van der Waals surface area contributed by atoms with Gasteiger partial charge in [-0.2, -0.15) is 0 Å². The zero-order valence-corrected chi connectivity index (χ0v) is 10.7. The number of benzene rings is 1. The number of ketones is 1. The van der Waals surface area contributed by atoms with Gasteiger partial charge in [0.1, 0.15) is 6.10 Å². The molecule has 102 valence electrons. The highest BCUT2D eigenvalue weighted by Crippen LogP contribution is 2.32. The van der Waals surface area contributed by atoms with Crippen molar-refractivity contribution in [1.82, 2.24) is 0 Å². The number of carbonyl (C=O) groups excluding carboxylic acids is 1. The summed E-state index contributed by atoms with van der Waals surface area (Å²) in [6.07, 6.45) is -1.43. The number of carbonyl (C=O) groups is 1. The first-order chi connectivity index (χ1) is 9.28. The summed E-state index contributed by atoms with van der Waals surface area (Å²) in [7, 11) is 1.46. The lowest BCUT2D eigenvalue weighted by molar-refractivity contribution is -0.300. The number of methoxy groups -OCH3 is 1. The number of hydrogen-bond acceptors (Lipinski definition) is 5. The Kier molecular flexibility index (Phi) is 3.61. The van der Waals surface area contributed by atoms with Crippen LogP contribution < -0.4 is 0 Å². The molecule has 4 atom stereocenters. The second-order valence-electron chi connectivity index (χ2n) is 4.66. The first-order valence-corrected chi connectivity index (χ1v) is 6.31. The molecule has 19 heavy (non-hydrogen) atoms. The molecule has 0 amide bonds. The van der Waals surface area contributed by atoms with Gasteiger partial charge in [-0.15, -0.1) is 0 Å². The van der Waals surface area contributed by atoms with Crippen LogP contribution in [-0.4, -0.2) is 38.0 Å². The molecule has 1 aromatic rings. The molecule has 0 bridgehead atoms. The molecule has 0 spiro atoms. The summed E-state index contributed by atoms with van der Waals surface area (Å²) in [5.41, 5.74) is 0.947. The Balaban J connectivity index is 1.70. The van der Waals surface area contributed by atoms with Crippen LogP contribution in [0.3, 0.4) is 0 Å². The van der Waals surface area contributed by atoms with Gasteiger partial charge in [0.25, 0.3) is 0 Å². The van der Waals surface area contributed by atoms with Gasteiger partial charge < -0.3 is 18.9 Å². The maximum absolute atomic E-state index is 11.8. The average molecular weight is 264 g/mol. The van der Waals surface area contributed by atoms with Gasteiger partial charge in [0.05, 0.1) is 12.7 Å². The van der Waals surface area contributed by atoms with Crippen molar-refractivity contribution in [3.8, 4) is 0 Å². The van der Waals surface area contributed by atoms with Crippen LogP contribution in [-0.2, 0) is 23.7 Å². The summed E-state index contributed by atoms with van der Waals surface area (Å²) in [5.74, 6) is -0.0857. The van der Waals surface area contributed by atoms with E-state index in [-0.39, 0.29) is 18.0 Å². The Morgan fingerprint density at radius 3 is 2.68 bits per heavy atom. The third-order valence-corrected chi connectivity index (χ3v) is 3.37. The molecule has 5 heteroatoms. The van der Waals surface area contributed by atoms with Crippen LogP contribution in [0.15, 0.2) is 30.3 Å². The zero-order valence-electron chi connectivity index (χ0n) is 10.7. The van der Waals surface area contributed by atoms with Crippen molar-refractivity contribution in [3.63, 3.8) is 0 Å². The van der Waals surface area contributed by atoms with E-state index in [4.69, 9.17) is 18.9 Å². The second-order valence-corrected chi connectivity index (χ2v) is 4.66. The van der Waals surface area contributed by atoms with Crippen molar-refractivity contribution in [3.05, 3.63) is 35.9 Å². The molecule has 1 aromatic carbocycles. The highest BCUT2D eigenvalue weighted by atomic mass is 16.7. The fraction of sp³-hybridized carbons (Fsp3) is 0.500. The van der Waals surface area contributed by atoms with Crippen LogP contribution in [0.2, 0.25) is 0 Å². The van der Waals surface area contributed by atoms with Crippen LogP contribution >= 0.6 is 0 Å². The van der Waals surface area contributed by atoms with Gasteiger partial charge in [0.15, 0.2) is 12.1 Å². The maximum atomic E-state index is 11.8. The van der Waals surface area contributed by atoms with E-state index in [1.807, 2.05) is 30.3 Å². The molecule has 0 aromatic heterocycles. The highest BCUT2D eigenvalue weighted by Gasteiger charge is 2.42. The Bertz CT molecular complexity index is 446. The summed E-state index contributed by atoms with van der Waals surface area (Å²) >= 11 is 0. The third-order valence-electron chi connectivity index (χ3n) is 3.37. The molecule has 0 N–H and O–H groups in total. The van der Waals surface area contributed by atoms with Crippen molar-refractivity contribution in [2.45, 2.75) is 31.2 Å². The molecule has 0 aliphatic carbocycles. The number of ether oxygens (including phenoxy) is 4. The molecule has 5 nitrogen and oxygen atoms in total. The minimum absolute atomic E-state index is 0.0857. The van der Waals surface area contributed by atoms with Crippen LogP contribution in [0.4, 0.5) is 0 Å². The van der Waals surface area contributed by atoms with E-state index in [1.165, 1.54) is 7.11 Å². The lowest BCUT2D eigenvalue weighted by Gasteiger charge is -2.40. The smallest absolute Gasteiger partial charge is 0.218 e. The fourth-order valence-corrected chi connectivity index (χ4v) is 2.38. The number of rotatable bonds is 2. The van der Waals surface area contributed by atoms with Gasteiger partial charge in [0.2, 0.25) is 6.29 Å². The molecule has 2 heterocycles. The van der Waals surface area contributed by atoms with Crippen LogP contribution in [0, 0.1) is 0 Å². The van der Waals surface area contributed by atoms with Gasteiger partial charge >= 0.3 is 0 Å². The highest BCUT2D eigenvalue weighted by molar-refractivity contribution is 5.83. The first kappa shape index (κ1) is 12.7. The lowest BCUT2D eigenvalue weighted by Crippen LogP contribution is -2.51. The normalized spacial score (nSPS) is 34.9. The summed E-state index contributed by atoms with van der Waals surface area (Å²) < 4.78 is 22.0. The maximum Gasteiger partial charge on any atom is 0.218 e. The van der Waals surface area contributed by atoms with E-state index >= 15 is 0 Å². The van der Waals surface area contributed by atoms with Gasteiger partial charge in [-0.25, -0.2) is 0 Å². The largest absolute Gasteiger partial charge is 0.349 e. The van der Waals surface area contributed by atoms with Crippen LogP contribution in [0.25, 0.3) is 0 Å². The van der Waals surface area contributed by atoms with Gasteiger partial charge in [-0.05, 0) is 0 Å². The van der Waals surface area contributed by atoms with Crippen LogP contribution in [0.1, 0.15) is 18.3 Å². The van der Waals surface area contributed by atoms with Crippen molar-refractivity contribution >= 4 is 5.78 Å². The topological polar surface area (TPSA) is 54.0 Å². The van der Waals surface area contributed by atoms with E-state index in [9.17, 15) is 4.79 Å². The Morgan fingerprint density at radius 1 is 1.16 bits per heavy atom. The molecule has 0 saturated carbocycles. The molecular formula is C14H16O5. The second kappa shape index (κ2) is 5.38. The molecule has 2 saturated heterocycles. The van der Waals surface area contributed by atoms with E-state index in [1.54, 1.807) is 0 Å².